The first-order chi connectivity index (χ1) is 11.6. The number of benzene rings is 2. The highest BCUT2D eigenvalue weighted by Gasteiger charge is 2.12. The summed E-state index contributed by atoms with van der Waals surface area (Å²) in [5, 5.41) is 13.7. The maximum atomic E-state index is 12.5. The third-order valence-electron chi connectivity index (χ3n) is 3.31. The molecule has 0 radical (unpaired) electrons. The van der Waals surface area contributed by atoms with Gasteiger partial charge in [0.1, 0.15) is 0 Å². The van der Waals surface area contributed by atoms with Gasteiger partial charge in [-0.25, -0.2) is 0 Å². The molecule has 0 spiro atoms. The van der Waals surface area contributed by atoms with Crippen molar-refractivity contribution in [3.63, 3.8) is 0 Å². The highest BCUT2D eigenvalue weighted by molar-refractivity contribution is 6.24. The van der Waals surface area contributed by atoms with Crippen LogP contribution in [-0.4, -0.2) is 31.1 Å². The monoisotopic (exact) mass is 326 g/mol. The lowest BCUT2D eigenvalue weighted by molar-refractivity contribution is -0.384. The zero-order valence-electron chi connectivity index (χ0n) is 13.3. The smallest absolute Gasteiger partial charge is 0.270 e. The van der Waals surface area contributed by atoms with E-state index in [1.54, 1.807) is 25.3 Å². The summed E-state index contributed by atoms with van der Waals surface area (Å²) < 4.78 is 4.93. The number of amides is 1. The molecule has 0 unspecified atom stereocenters. The van der Waals surface area contributed by atoms with Crippen LogP contribution in [-0.2, 0) is 9.53 Å². The van der Waals surface area contributed by atoms with Gasteiger partial charge in [-0.3, -0.25) is 14.9 Å². The number of carbonyl (C=O) groups excluding carboxylic acids is 1. The molecule has 6 nitrogen and oxygen atoms in total. The standard InChI is InChI=1S/C18H18N2O4/c1-24-11-10-19-18(21)17(15-7-3-2-4-8-15)13-14-6-5-9-16(12-14)20(22)23/h2-9,12-13H,10-11H2,1H3,(H,19,21). The molecule has 0 fully saturated rings. The molecule has 0 aliphatic carbocycles. The summed E-state index contributed by atoms with van der Waals surface area (Å²) in [6.45, 7) is 0.791. The van der Waals surface area contributed by atoms with Gasteiger partial charge in [-0.05, 0) is 17.2 Å². The quantitative estimate of drug-likeness (QED) is 0.279. The normalized spacial score (nSPS) is 11.1. The number of ether oxygens (including phenoxy) is 1. The molecule has 0 saturated heterocycles. The fourth-order valence-corrected chi connectivity index (χ4v) is 2.15. The van der Waals surface area contributed by atoms with Crippen molar-refractivity contribution < 1.29 is 14.5 Å². The van der Waals surface area contributed by atoms with E-state index in [0.29, 0.717) is 24.3 Å². The van der Waals surface area contributed by atoms with Gasteiger partial charge in [0.2, 0.25) is 0 Å². The van der Waals surface area contributed by atoms with Crippen LogP contribution in [0.5, 0.6) is 0 Å². The molecule has 0 bridgehead atoms. The Kier molecular flexibility index (Phi) is 6.22. The minimum Gasteiger partial charge on any atom is -0.383 e. The lowest BCUT2D eigenvalue weighted by Crippen LogP contribution is -2.27. The summed E-state index contributed by atoms with van der Waals surface area (Å²) in [4.78, 5) is 22.9. The van der Waals surface area contributed by atoms with Crippen LogP contribution >= 0.6 is 0 Å². The second-order valence-electron chi connectivity index (χ2n) is 5.02. The van der Waals surface area contributed by atoms with Crippen molar-refractivity contribution in [2.24, 2.45) is 0 Å². The van der Waals surface area contributed by atoms with Crippen LogP contribution in [0, 0.1) is 10.1 Å². The van der Waals surface area contributed by atoms with Crippen molar-refractivity contribution in [2.75, 3.05) is 20.3 Å². The number of rotatable bonds is 7. The van der Waals surface area contributed by atoms with Crippen LogP contribution in [0.25, 0.3) is 11.6 Å². The summed E-state index contributed by atoms with van der Waals surface area (Å²) >= 11 is 0. The van der Waals surface area contributed by atoms with E-state index in [1.807, 2.05) is 30.3 Å². The second kappa shape index (κ2) is 8.59. The first kappa shape index (κ1) is 17.4. The maximum Gasteiger partial charge on any atom is 0.270 e. The number of carbonyl (C=O) groups is 1. The van der Waals surface area contributed by atoms with Gasteiger partial charge in [-0.1, -0.05) is 42.5 Å². The molecule has 0 aromatic heterocycles. The predicted octanol–water partition coefficient (Wildman–Crippen LogP) is 2.90. The Balaban J connectivity index is 2.36. The molecule has 2 aromatic carbocycles. The van der Waals surface area contributed by atoms with E-state index in [2.05, 4.69) is 5.32 Å². The summed E-state index contributed by atoms with van der Waals surface area (Å²) in [5.41, 5.74) is 1.74. The Hall–Kier alpha value is -2.99. The fraction of sp³-hybridized carbons (Fsp3) is 0.167. The molecular weight excluding hydrogens is 308 g/mol. The minimum atomic E-state index is -0.460. The minimum absolute atomic E-state index is 0.0176. The van der Waals surface area contributed by atoms with Crippen molar-refractivity contribution >= 4 is 23.2 Å². The van der Waals surface area contributed by atoms with Gasteiger partial charge in [0.25, 0.3) is 11.6 Å². The predicted molar refractivity (Wildman–Crippen MR) is 92.3 cm³/mol. The highest BCUT2D eigenvalue weighted by Crippen LogP contribution is 2.21. The third-order valence-corrected chi connectivity index (χ3v) is 3.31. The molecule has 1 amide bonds. The largest absolute Gasteiger partial charge is 0.383 e. The number of nitrogens with one attached hydrogen (secondary N) is 1. The second-order valence-corrected chi connectivity index (χ2v) is 5.02. The molecule has 24 heavy (non-hydrogen) atoms. The van der Waals surface area contributed by atoms with Gasteiger partial charge in [-0.15, -0.1) is 0 Å². The van der Waals surface area contributed by atoms with Crippen LogP contribution in [0.1, 0.15) is 11.1 Å². The van der Waals surface area contributed by atoms with Crippen molar-refractivity contribution in [1.82, 2.24) is 5.32 Å². The van der Waals surface area contributed by atoms with E-state index in [4.69, 9.17) is 4.74 Å². The number of hydrogen-bond donors (Lipinski definition) is 1. The Morgan fingerprint density at radius 2 is 1.96 bits per heavy atom. The third kappa shape index (κ3) is 4.76. The average molecular weight is 326 g/mol. The molecule has 2 aromatic rings. The van der Waals surface area contributed by atoms with Gasteiger partial charge >= 0.3 is 0 Å². The molecule has 0 saturated carbocycles. The summed E-state index contributed by atoms with van der Waals surface area (Å²) in [5.74, 6) is -0.259. The van der Waals surface area contributed by atoms with Crippen LogP contribution in [0.15, 0.2) is 54.6 Å². The summed E-state index contributed by atoms with van der Waals surface area (Å²) in [7, 11) is 1.56. The molecule has 0 atom stereocenters. The van der Waals surface area contributed by atoms with Crippen LogP contribution < -0.4 is 5.32 Å². The topological polar surface area (TPSA) is 81.5 Å². The lowest BCUT2D eigenvalue weighted by atomic mass is 10.0. The Labute approximate surface area is 139 Å². The van der Waals surface area contributed by atoms with Crippen molar-refractivity contribution in [3.05, 3.63) is 75.8 Å². The maximum absolute atomic E-state index is 12.5. The molecule has 0 aliphatic rings. The van der Waals surface area contributed by atoms with E-state index in [0.717, 1.165) is 5.56 Å². The number of nitro groups is 1. The van der Waals surface area contributed by atoms with E-state index < -0.39 is 4.92 Å². The van der Waals surface area contributed by atoms with Crippen molar-refractivity contribution in [3.8, 4) is 0 Å². The highest BCUT2D eigenvalue weighted by atomic mass is 16.6. The Morgan fingerprint density at radius 3 is 2.62 bits per heavy atom. The number of nitro benzene ring substituents is 1. The van der Waals surface area contributed by atoms with Crippen molar-refractivity contribution in [2.45, 2.75) is 0 Å². The van der Waals surface area contributed by atoms with Gasteiger partial charge in [0.15, 0.2) is 0 Å². The first-order valence-electron chi connectivity index (χ1n) is 7.40. The molecule has 124 valence electrons. The first-order valence-corrected chi connectivity index (χ1v) is 7.40. The Morgan fingerprint density at radius 1 is 1.21 bits per heavy atom. The van der Waals surface area contributed by atoms with Crippen LogP contribution in [0.3, 0.4) is 0 Å². The van der Waals surface area contributed by atoms with E-state index in [9.17, 15) is 14.9 Å². The molecule has 2 rings (SSSR count). The van der Waals surface area contributed by atoms with Gasteiger partial charge in [-0.2, -0.15) is 0 Å². The van der Waals surface area contributed by atoms with E-state index in [-0.39, 0.29) is 11.6 Å². The number of nitrogens with zero attached hydrogens (tertiary/aromatic N) is 1. The number of methoxy groups -OCH3 is 1. The molecule has 6 heteroatoms. The summed E-state index contributed by atoms with van der Waals surface area (Å²) in [6.07, 6.45) is 1.64. The SMILES string of the molecule is COCCNC(=O)C(=Cc1cccc([N+](=O)[O-])c1)c1ccccc1. The van der Waals surface area contributed by atoms with Gasteiger partial charge in [0, 0.05) is 31.4 Å². The Bertz CT molecular complexity index is 742. The fourth-order valence-electron chi connectivity index (χ4n) is 2.15. The van der Waals surface area contributed by atoms with Gasteiger partial charge < -0.3 is 10.1 Å². The van der Waals surface area contributed by atoms with Crippen LogP contribution in [0.2, 0.25) is 0 Å². The van der Waals surface area contributed by atoms with E-state index >= 15 is 0 Å². The zero-order chi connectivity index (χ0) is 17.4. The zero-order valence-corrected chi connectivity index (χ0v) is 13.3. The molecular formula is C18H18N2O4. The number of non-ortho nitro benzene ring substituents is 1. The van der Waals surface area contributed by atoms with Crippen LogP contribution in [0.4, 0.5) is 5.69 Å². The molecule has 0 aliphatic heterocycles. The lowest BCUT2D eigenvalue weighted by Gasteiger charge is -2.09. The van der Waals surface area contributed by atoms with Gasteiger partial charge in [0.05, 0.1) is 11.5 Å². The molecule has 0 heterocycles. The molecule has 1 N–H and O–H groups in total. The number of hydrogen-bond acceptors (Lipinski definition) is 4. The average Bonchev–Trinajstić information content (AvgIpc) is 2.60. The summed E-state index contributed by atoms with van der Waals surface area (Å²) in [6, 6.07) is 15.3. The van der Waals surface area contributed by atoms with Crippen molar-refractivity contribution in [1.29, 1.82) is 0 Å². The van der Waals surface area contributed by atoms with E-state index in [1.165, 1.54) is 12.1 Å².